The first-order chi connectivity index (χ1) is 15.2. The summed E-state index contributed by atoms with van der Waals surface area (Å²) >= 11 is 0. The van der Waals surface area contributed by atoms with Crippen molar-refractivity contribution in [1.82, 2.24) is 4.90 Å². The number of benzene rings is 2. The van der Waals surface area contributed by atoms with Crippen molar-refractivity contribution in [1.29, 1.82) is 0 Å². The van der Waals surface area contributed by atoms with Crippen LogP contribution in [0.1, 0.15) is 28.8 Å². The highest BCUT2D eigenvalue weighted by atomic mass is 19.4. The van der Waals surface area contributed by atoms with Gasteiger partial charge in [0.15, 0.2) is 0 Å². The lowest BCUT2D eigenvalue weighted by molar-refractivity contribution is -0.179. The van der Waals surface area contributed by atoms with Crippen molar-refractivity contribution in [3.8, 4) is 0 Å². The molecule has 2 aliphatic rings. The summed E-state index contributed by atoms with van der Waals surface area (Å²) in [6.45, 7) is 0.863. The zero-order valence-electron chi connectivity index (χ0n) is 17.1. The van der Waals surface area contributed by atoms with Crippen LogP contribution in [0.25, 0.3) is 0 Å². The lowest BCUT2D eigenvalue weighted by Gasteiger charge is -2.34. The number of rotatable bonds is 5. The summed E-state index contributed by atoms with van der Waals surface area (Å²) in [5, 5.41) is 3.24. The molecule has 0 saturated carbocycles. The van der Waals surface area contributed by atoms with Crippen LogP contribution in [0.5, 0.6) is 0 Å². The molecule has 4 rings (SSSR count). The molecule has 2 aromatic rings. The molecule has 9 heteroatoms. The molecule has 0 bridgehead atoms. The quantitative estimate of drug-likeness (QED) is 0.571. The van der Waals surface area contributed by atoms with Crippen LogP contribution in [0, 0.1) is 5.92 Å². The summed E-state index contributed by atoms with van der Waals surface area (Å²) in [5.41, 5.74) is 3.68. The van der Waals surface area contributed by atoms with E-state index in [1.807, 2.05) is 35.2 Å². The smallest absolute Gasteiger partial charge is 0.372 e. The van der Waals surface area contributed by atoms with Crippen molar-refractivity contribution in [2.75, 3.05) is 29.9 Å². The van der Waals surface area contributed by atoms with E-state index >= 15 is 0 Å². The van der Waals surface area contributed by atoms with Crippen molar-refractivity contribution in [3.63, 3.8) is 0 Å². The van der Waals surface area contributed by atoms with E-state index in [-0.39, 0.29) is 31.8 Å². The van der Waals surface area contributed by atoms with E-state index in [1.165, 1.54) is 4.90 Å². The number of anilines is 3. The molecule has 2 aromatic carbocycles. The Labute approximate surface area is 182 Å². The molecule has 170 valence electrons. The zero-order chi connectivity index (χ0) is 22.9. The molecule has 0 atom stereocenters. The van der Waals surface area contributed by atoms with Gasteiger partial charge in [-0.25, -0.2) is 0 Å². The number of nitrogens with one attached hydrogen (secondary N) is 1. The van der Waals surface area contributed by atoms with Gasteiger partial charge in [0.2, 0.25) is 0 Å². The average Bonchev–Trinajstić information content (AvgIpc) is 3.07. The van der Waals surface area contributed by atoms with Crippen LogP contribution in [-0.4, -0.2) is 36.6 Å². The van der Waals surface area contributed by atoms with Crippen molar-refractivity contribution in [2.24, 2.45) is 5.92 Å². The Kier molecular flexibility index (Phi) is 6.08. The van der Waals surface area contributed by atoms with Gasteiger partial charge in [-0.3, -0.25) is 4.79 Å². The van der Waals surface area contributed by atoms with Crippen molar-refractivity contribution in [3.05, 3.63) is 65.7 Å². The molecule has 2 aliphatic heterocycles. The van der Waals surface area contributed by atoms with Gasteiger partial charge in [-0.05, 0) is 60.9 Å². The summed E-state index contributed by atoms with van der Waals surface area (Å²) in [5.74, 6) is -1.50. The van der Waals surface area contributed by atoms with E-state index in [4.69, 9.17) is 0 Å². The number of piperidine rings is 1. The maximum Gasteiger partial charge on any atom is 0.391 e. The van der Waals surface area contributed by atoms with E-state index in [0.29, 0.717) is 18.7 Å². The van der Waals surface area contributed by atoms with Crippen LogP contribution in [0.4, 0.5) is 39.0 Å². The second-order valence-electron chi connectivity index (χ2n) is 8.03. The number of fused-ring (bicyclic) bond motifs is 1. The van der Waals surface area contributed by atoms with E-state index < -0.39 is 18.2 Å². The van der Waals surface area contributed by atoms with Crippen molar-refractivity contribution >= 4 is 23.0 Å². The molecule has 2 heterocycles. The van der Waals surface area contributed by atoms with E-state index in [1.54, 1.807) is 12.1 Å². The predicted molar refractivity (Wildman–Crippen MR) is 112 cm³/mol. The summed E-state index contributed by atoms with van der Waals surface area (Å²) in [4.78, 5) is 15.6. The fourth-order valence-electron chi connectivity index (χ4n) is 4.17. The zero-order valence-corrected chi connectivity index (χ0v) is 17.1. The molecule has 0 aromatic heterocycles. The minimum atomic E-state index is -4.13. The van der Waals surface area contributed by atoms with Gasteiger partial charge >= 0.3 is 6.18 Å². The first kappa shape index (κ1) is 22.1. The largest absolute Gasteiger partial charge is 0.391 e. The highest BCUT2D eigenvalue weighted by molar-refractivity contribution is 5.99. The molecule has 0 unspecified atom stereocenters. The minimum absolute atomic E-state index is 0.0993. The second kappa shape index (κ2) is 8.80. The summed E-state index contributed by atoms with van der Waals surface area (Å²) in [6, 6.07) is 12.7. The van der Waals surface area contributed by atoms with Gasteiger partial charge in [0, 0.05) is 54.9 Å². The van der Waals surface area contributed by atoms with Crippen molar-refractivity contribution < 1.29 is 26.7 Å². The number of nitrogens with zero attached hydrogens (tertiary/aromatic N) is 2. The molecule has 1 saturated heterocycles. The predicted octanol–water partition coefficient (Wildman–Crippen LogP) is 5.95. The third kappa shape index (κ3) is 4.87. The molecule has 0 spiro atoms. The maximum absolute atomic E-state index is 12.8. The average molecular weight is 451 g/mol. The number of halogens is 5. The standard InChI is InChI=1S/C23H22F5N3O/c24-21(25)9-12-31-14-15-13-18(3-6-20(15)22(31)32)29-17-1-4-19(5-2-17)30-10-7-16(8-11-30)23(26,27)28/h1-6,9,13,16,29H,7-8,10-12,14H2. The molecule has 4 nitrogen and oxygen atoms in total. The van der Waals surface area contributed by atoms with Crippen LogP contribution in [0.15, 0.2) is 54.6 Å². The van der Waals surface area contributed by atoms with Crippen LogP contribution in [-0.2, 0) is 6.54 Å². The lowest BCUT2D eigenvalue weighted by Crippen LogP contribution is -2.38. The van der Waals surface area contributed by atoms with Crippen LogP contribution in [0.2, 0.25) is 0 Å². The Hall–Kier alpha value is -3.10. The van der Waals surface area contributed by atoms with Gasteiger partial charge in [0.05, 0.1) is 5.92 Å². The monoisotopic (exact) mass is 451 g/mol. The van der Waals surface area contributed by atoms with Crippen LogP contribution >= 0.6 is 0 Å². The SMILES string of the molecule is O=C1c2ccc(Nc3ccc(N4CCC(C(F)(F)F)CC4)cc3)cc2CN1CC=C(F)F. The first-order valence-electron chi connectivity index (χ1n) is 10.3. The van der Waals surface area contributed by atoms with E-state index in [9.17, 15) is 26.7 Å². The van der Waals surface area contributed by atoms with Crippen LogP contribution < -0.4 is 10.2 Å². The molecule has 1 fully saturated rings. The Morgan fingerprint density at radius 3 is 2.31 bits per heavy atom. The third-order valence-corrected chi connectivity index (χ3v) is 5.93. The third-order valence-electron chi connectivity index (χ3n) is 5.93. The number of amides is 1. The van der Waals surface area contributed by atoms with Gasteiger partial charge in [-0.15, -0.1) is 0 Å². The molecule has 0 radical (unpaired) electrons. The molecular weight excluding hydrogens is 429 g/mol. The van der Waals surface area contributed by atoms with Gasteiger partial charge in [-0.1, -0.05) is 0 Å². The fourth-order valence-corrected chi connectivity index (χ4v) is 4.17. The number of hydrogen-bond acceptors (Lipinski definition) is 3. The molecule has 1 amide bonds. The van der Waals surface area contributed by atoms with Gasteiger partial charge in [0.25, 0.3) is 12.0 Å². The molecular formula is C23H22F5N3O. The van der Waals surface area contributed by atoms with E-state index in [2.05, 4.69) is 5.32 Å². The number of carbonyl (C=O) groups is 1. The van der Waals surface area contributed by atoms with E-state index in [0.717, 1.165) is 28.7 Å². The number of alkyl halides is 3. The van der Waals surface area contributed by atoms with Gasteiger partial charge in [-0.2, -0.15) is 22.0 Å². The number of hydrogen-bond donors (Lipinski definition) is 1. The normalized spacial score (nSPS) is 16.8. The second-order valence-corrected chi connectivity index (χ2v) is 8.03. The molecule has 0 aliphatic carbocycles. The van der Waals surface area contributed by atoms with Crippen LogP contribution in [0.3, 0.4) is 0 Å². The van der Waals surface area contributed by atoms with Crippen molar-refractivity contribution in [2.45, 2.75) is 25.6 Å². The summed E-state index contributed by atoms with van der Waals surface area (Å²) in [7, 11) is 0. The summed E-state index contributed by atoms with van der Waals surface area (Å²) in [6.07, 6.45) is -5.03. The highest BCUT2D eigenvalue weighted by Gasteiger charge is 2.41. The molecule has 32 heavy (non-hydrogen) atoms. The Bertz CT molecular complexity index is 1010. The maximum atomic E-state index is 12.8. The van der Waals surface area contributed by atoms with Gasteiger partial charge < -0.3 is 15.1 Å². The Balaban J connectivity index is 1.38. The minimum Gasteiger partial charge on any atom is -0.372 e. The number of carbonyl (C=O) groups excluding carboxylic acids is 1. The first-order valence-corrected chi connectivity index (χ1v) is 10.3. The summed E-state index contributed by atoms with van der Waals surface area (Å²) < 4.78 is 63.2. The topological polar surface area (TPSA) is 35.6 Å². The Morgan fingerprint density at radius 1 is 1.03 bits per heavy atom. The molecule has 1 N–H and O–H groups in total. The van der Waals surface area contributed by atoms with Gasteiger partial charge in [0.1, 0.15) is 0 Å². The fraction of sp³-hybridized carbons (Fsp3) is 0.348. The highest BCUT2D eigenvalue weighted by Crippen LogP contribution is 2.35. The lowest BCUT2D eigenvalue weighted by atomic mass is 9.96. The Morgan fingerprint density at radius 2 is 1.69 bits per heavy atom.